The molecule has 0 aromatic heterocycles. The first-order valence-electron chi connectivity index (χ1n) is 3.96. The zero-order valence-corrected chi connectivity index (χ0v) is 8.59. The average molecular weight is 215 g/mol. The van der Waals surface area contributed by atoms with Gasteiger partial charge in [0, 0.05) is 13.8 Å². The van der Waals surface area contributed by atoms with Gasteiger partial charge in [-0.25, -0.2) is 4.79 Å². The van der Waals surface area contributed by atoms with Crippen LogP contribution in [0, 0.1) is 0 Å². The first kappa shape index (κ1) is 11.0. The van der Waals surface area contributed by atoms with Gasteiger partial charge < -0.3 is 9.47 Å². The minimum atomic E-state index is -0.969. The molecule has 0 saturated carbocycles. The maximum atomic E-state index is 11.1. The molecule has 14 heavy (non-hydrogen) atoms. The van der Waals surface area contributed by atoms with Crippen LogP contribution in [0.2, 0.25) is 0 Å². The van der Waals surface area contributed by atoms with Crippen molar-refractivity contribution in [3.63, 3.8) is 0 Å². The minimum absolute atomic E-state index is 0.161. The first-order valence-corrected chi connectivity index (χ1v) is 4.37. The smallest absolute Gasteiger partial charge is 0.338 e. The third kappa shape index (κ3) is 2.70. The van der Waals surface area contributed by atoms with Crippen molar-refractivity contribution < 1.29 is 19.1 Å². The summed E-state index contributed by atoms with van der Waals surface area (Å²) < 4.78 is 10.0. The molecule has 0 unspecified atom stereocenters. The van der Waals surface area contributed by atoms with Gasteiger partial charge in [0.1, 0.15) is 0 Å². The maximum absolute atomic E-state index is 11.1. The Kier molecular flexibility index (Phi) is 3.10. The third-order valence-corrected chi connectivity index (χ3v) is 1.66. The van der Waals surface area contributed by atoms with Gasteiger partial charge in [-0.05, 0) is 12.2 Å². The molecule has 5 nitrogen and oxygen atoms in total. The molecule has 0 radical (unpaired) electrons. The number of carbonyl (C=O) groups excluding carboxylic acids is 2. The van der Waals surface area contributed by atoms with E-state index >= 15 is 0 Å². The van der Waals surface area contributed by atoms with Crippen LogP contribution in [-0.2, 0) is 19.1 Å². The van der Waals surface area contributed by atoms with Crippen molar-refractivity contribution in [3.8, 4) is 0 Å². The van der Waals surface area contributed by atoms with Crippen LogP contribution in [0.4, 0.5) is 0 Å². The van der Waals surface area contributed by atoms with Gasteiger partial charge in [-0.3, -0.25) is 4.79 Å². The van der Waals surface area contributed by atoms with Crippen LogP contribution < -0.4 is 0 Å². The Labute approximate surface area is 86.1 Å². The van der Waals surface area contributed by atoms with Gasteiger partial charge in [0.25, 0.3) is 5.91 Å². The molecule has 0 bridgehead atoms. The van der Waals surface area contributed by atoms with Crippen molar-refractivity contribution in [2.24, 2.45) is 4.99 Å². The third-order valence-electron chi connectivity index (χ3n) is 1.57. The van der Waals surface area contributed by atoms with Crippen LogP contribution in [0.5, 0.6) is 0 Å². The van der Waals surface area contributed by atoms with E-state index in [1.165, 1.54) is 0 Å². The van der Waals surface area contributed by atoms with E-state index in [9.17, 15) is 9.59 Å². The summed E-state index contributed by atoms with van der Waals surface area (Å²) >= 11 is 4.25. The van der Waals surface area contributed by atoms with E-state index in [2.05, 4.69) is 17.2 Å². The van der Waals surface area contributed by atoms with Crippen molar-refractivity contribution in [3.05, 3.63) is 0 Å². The van der Waals surface area contributed by atoms with Gasteiger partial charge in [0.2, 0.25) is 5.79 Å². The van der Waals surface area contributed by atoms with E-state index in [1.54, 1.807) is 13.8 Å². The highest BCUT2D eigenvalue weighted by Gasteiger charge is 2.41. The second-order valence-electron chi connectivity index (χ2n) is 3.23. The molecule has 1 heterocycles. The van der Waals surface area contributed by atoms with Crippen molar-refractivity contribution in [1.29, 1.82) is 0 Å². The van der Waals surface area contributed by atoms with E-state index in [4.69, 9.17) is 9.47 Å². The number of amides is 1. The molecule has 1 fully saturated rings. The maximum Gasteiger partial charge on any atom is 0.338 e. The van der Waals surface area contributed by atoms with Crippen LogP contribution in [0.3, 0.4) is 0 Å². The number of hydrogen-bond acceptors (Lipinski definition) is 5. The topological polar surface area (TPSA) is 65.0 Å². The Morgan fingerprint density at radius 1 is 1.71 bits per heavy atom. The second kappa shape index (κ2) is 3.96. The lowest BCUT2D eigenvalue weighted by Crippen LogP contribution is -2.22. The number of nitrogens with zero attached hydrogens (tertiary/aromatic N) is 1. The van der Waals surface area contributed by atoms with E-state index in [0.29, 0.717) is 0 Å². The molecule has 6 heteroatoms. The molecule has 1 saturated heterocycles. The molecule has 0 N–H and O–H groups in total. The molecule has 1 aliphatic heterocycles. The number of cyclic esters (lactones) is 1. The number of aliphatic imine (C=N–C) groups is 1. The Bertz CT molecular complexity index is 319. The lowest BCUT2D eigenvalue weighted by Gasteiger charge is -2.14. The molecule has 0 spiro atoms. The molecule has 1 rings (SSSR count). The van der Waals surface area contributed by atoms with Crippen molar-refractivity contribution in [2.45, 2.75) is 32.2 Å². The zero-order valence-electron chi connectivity index (χ0n) is 7.77. The summed E-state index contributed by atoms with van der Waals surface area (Å²) in [5, 5.41) is 1.93. The summed E-state index contributed by atoms with van der Waals surface area (Å²) in [5.41, 5.74) is 0. The molecule has 1 amide bonds. The Morgan fingerprint density at radius 2 is 2.36 bits per heavy atom. The standard InChI is InChI=1S/C8H9NO4S/c1-8(2)12-5(7(11)13-8)3-6(10)9-4-14/h5H,3H2,1-2H3/t5-/m1/s1. The summed E-state index contributed by atoms with van der Waals surface area (Å²) in [6, 6.07) is 0. The predicted molar refractivity (Wildman–Crippen MR) is 49.7 cm³/mol. The van der Waals surface area contributed by atoms with Gasteiger partial charge in [-0.1, -0.05) is 0 Å². The highest BCUT2D eigenvalue weighted by molar-refractivity contribution is 7.78. The molecule has 1 atom stereocenters. The minimum Gasteiger partial charge on any atom is -0.432 e. The normalized spacial score (nSPS) is 23.9. The fraction of sp³-hybridized carbons (Fsp3) is 0.625. The van der Waals surface area contributed by atoms with Crippen LogP contribution >= 0.6 is 12.2 Å². The summed E-state index contributed by atoms with van der Waals surface area (Å²) in [6.45, 7) is 3.19. The Morgan fingerprint density at radius 3 is 2.79 bits per heavy atom. The molecule has 0 aromatic rings. The fourth-order valence-corrected chi connectivity index (χ4v) is 1.20. The molecular weight excluding hydrogens is 206 g/mol. The van der Waals surface area contributed by atoms with E-state index in [0.717, 1.165) is 0 Å². The molecule has 0 aliphatic carbocycles. The van der Waals surface area contributed by atoms with Gasteiger partial charge in [0.05, 0.1) is 11.6 Å². The summed E-state index contributed by atoms with van der Waals surface area (Å²) in [4.78, 5) is 25.3. The number of ether oxygens (including phenoxy) is 2. The molecule has 76 valence electrons. The summed E-state index contributed by atoms with van der Waals surface area (Å²) in [7, 11) is 0. The van der Waals surface area contributed by atoms with Crippen LogP contribution in [0.1, 0.15) is 20.3 Å². The number of thiocarbonyl (C=S) groups is 1. The zero-order chi connectivity index (χ0) is 10.8. The van der Waals surface area contributed by atoms with Crippen molar-refractivity contribution in [1.82, 2.24) is 0 Å². The van der Waals surface area contributed by atoms with Gasteiger partial charge in [-0.15, -0.1) is 0 Å². The average Bonchev–Trinajstić information content (AvgIpc) is 2.25. The van der Waals surface area contributed by atoms with E-state index in [1.807, 2.05) is 5.16 Å². The Balaban J connectivity index is 2.59. The lowest BCUT2D eigenvalue weighted by molar-refractivity contribution is -0.160. The van der Waals surface area contributed by atoms with Gasteiger partial charge in [-0.2, -0.15) is 4.99 Å². The highest BCUT2D eigenvalue weighted by atomic mass is 32.1. The number of isothiocyanates is 1. The monoisotopic (exact) mass is 215 g/mol. The van der Waals surface area contributed by atoms with E-state index in [-0.39, 0.29) is 6.42 Å². The summed E-state index contributed by atoms with van der Waals surface area (Å²) in [6.07, 6.45) is -1.05. The second-order valence-corrected chi connectivity index (χ2v) is 3.41. The fourth-order valence-electron chi connectivity index (χ4n) is 1.10. The summed E-state index contributed by atoms with van der Waals surface area (Å²) in [5.74, 6) is -2.06. The van der Waals surface area contributed by atoms with Crippen LogP contribution in [0.15, 0.2) is 4.99 Å². The Hall–Kier alpha value is -1.10. The number of hydrogen-bond donors (Lipinski definition) is 0. The quantitative estimate of drug-likeness (QED) is 0.385. The van der Waals surface area contributed by atoms with Gasteiger partial charge in [0.15, 0.2) is 6.10 Å². The first-order chi connectivity index (χ1) is 6.44. The number of esters is 1. The molecule has 1 aliphatic rings. The largest absolute Gasteiger partial charge is 0.432 e. The molecular formula is C8H9NO4S. The van der Waals surface area contributed by atoms with Gasteiger partial charge >= 0.3 is 5.97 Å². The number of rotatable bonds is 2. The van der Waals surface area contributed by atoms with E-state index < -0.39 is 23.8 Å². The SMILES string of the molecule is CC1(C)OC(=O)[C@@H](CC(=O)N=C=S)O1. The number of carbonyl (C=O) groups is 2. The molecule has 0 aromatic carbocycles. The predicted octanol–water partition coefficient (Wildman–Crippen LogP) is 0.684. The van der Waals surface area contributed by atoms with Crippen molar-refractivity contribution in [2.75, 3.05) is 0 Å². The van der Waals surface area contributed by atoms with Crippen LogP contribution in [0.25, 0.3) is 0 Å². The van der Waals surface area contributed by atoms with Crippen molar-refractivity contribution >= 4 is 29.3 Å². The lowest BCUT2D eigenvalue weighted by atomic mass is 10.2. The highest BCUT2D eigenvalue weighted by Crippen LogP contribution is 2.25. The van der Waals surface area contributed by atoms with Crippen LogP contribution in [-0.4, -0.2) is 28.9 Å².